The summed E-state index contributed by atoms with van der Waals surface area (Å²) in [5.74, 6) is -0.351. The standard InChI is InChI=1S/C17H15FN2/c18-15-8-14(10-20-11-15)17(19)9-13-6-3-5-12-4-1-2-7-16(12)13/h1-8,10-11,17H,9,19H2. The maximum absolute atomic E-state index is 13.2. The fourth-order valence-electron chi connectivity index (χ4n) is 2.46. The van der Waals surface area contributed by atoms with Gasteiger partial charge in [0.25, 0.3) is 0 Å². The van der Waals surface area contributed by atoms with Gasteiger partial charge in [-0.25, -0.2) is 4.39 Å². The summed E-state index contributed by atoms with van der Waals surface area (Å²) in [7, 11) is 0. The van der Waals surface area contributed by atoms with Crippen LogP contribution < -0.4 is 5.73 Å². The minimum atomic E-state index is -0.351. The highest BCUT2D eigenvalue weighted by atomic mass is 19.1. The van der Waals surface area contributed by atoms with Gasteiger partial charge in [-0.2, -0.15) is 0 Å². The van der Waals surface area contributed by atoms with E-state index in [9.17, 15) is 4.39 Å². The average molecular weight is 266 g/mol. The number of pyridine rings is 1. The predicted molar refractivity (Wildman–Crippen MR) is 78.8 cm³/mol. The van der Waals surface area contributed by atoms with Gasteiger partial charge in [0.05, 0.1) is 6.20 Å². The SMILES string of the molecule is NC(Cc1cccc2ccccc12)c1cncc(F)c1. The van der Waals surface area contributed by atoms with Gasteiger partial charge in [0.2, 0.25) is 0 Å². The molecule has 1 heterocycles. The molecule has 0 fully saturated rings. The number of hydrogen-bond acceptors (Lipinski definition) is 2. The lowest BCUT2D eigenvalue weighted by atomic mass is 9.96. The molecule has 0 saturated heterocycles. The zero-order valence-electron chi connectivity index (χ0n) is 11.0. The second-order valence-electron chi connectivity index (χ2n) is 4.89. The lowest BCUT2D eigenvalue weighted by molar-refractivity contribution is 0.611. The maximum Gasteiger partial charge on any atom is 0.141 e. The van der Waals surface area contributed by atoms with Crippen LogP contribution in [-0.4, -0.2) is 4.98 Å². The number of nitrogens with two attached hydrogens (primary N) is 1. The van der Waals surface area contributed by atoms with Gasteiger partial charge in [-0.15, -0.1) is 0 Å². The number of benzene rings is 2. The van der Waals surface area contributed by atoms with Crippen LogP contribution in [-0.2, 0) is 6.42 Å². The van der Waals surface area contributed by atoms with Gasteiger partial charge in [-0.1, -0.05) is 42.5 Å². The summed E-state index contributed by atoms with van der Waals surface area (Å²) in [6.45, 7) is 0. The van der Waals surface area contributed by atoms with Gasteiger partial charge in [0.15, 0.2) is 0 Å². The molecule has 3 heteroatoms. The molecule has 0 aliphatic heterocycles. The highest BCUT2D eigenvalue weighted by Gasteiger charge is 2.10. The lowest BCUT2D eigenvalue weighted by Gasteiger charge is -2.13. The van der Waals surface area contributed by atoms with E-state index in [2.05, 4.69) is 29.2 Å². The number of rotatable bonds is 3. The first-order valence-corrected chi connectivity index (χ1v) is 6.57. The van der Waals surface area contributed by atoms with Crippen molar-refractivity contribution < 1.29 is 4.39 Å². The molecule has 0 spiro atoms. The summed E-state index contributed by atoms with van der Waals surface area (Å²) in [5, 5.41) is 2.38. The molecule has 1 aromatic heterocycles. The van der Waals surface area contributed by atoms with Gasteiger partial charge in [0.1, 0.15) is 5.82 Å². The zero-order chi connectivity index (χ0) is 13.9. The number of halogens is 1. The first kappa shape index (κ1) is 12.8. The summed E-state index contributed by atoms with van der Waals surface area (Å²) >= 11 is 0. The molecule has 20 heavy (non-hydrogen) atoms. The van der Waals surface area contributed by atoms with Crippen LogP contribution in [0.5, 0.6) is 0 Å². The Kier molecular flexibility index (Phi) is 3.44. The van der Waals surface area contributed by atoms with Crippen molar-refractivity contribution >= 4 is 10.8 Å². The van der Waals surface area contributed by atoms with E-state index >= 15 is 0 Å². The van der Waals surface area contributed by atoms with Gasteiger partial charge in [-0.3, -0.25) is 4.98 Å². The monoisotopic (exact) mass is 266 g/mol. The Morgan fingerprint density at radius 2 is 1.85 bits per heavy atom. The van der Waals surface area contributed by atoms with E-state index in [1.54, 1.807) is 6.20 Å². The second-order valence-corrected chi connectivity index (χ2v) is 4.89. The van der Waals surface area contributed by atoms with Crippen LogP contribution in [0.15, 0.2) is 60.9 Å². The summed E-state index contributed by atoms with van der Waals surface area (Å²) in [6.07, 6.45) is 3.47. The molecule has 1 unspecified atom stereocenters. The average Bonchev–Trinajstić information content (AvgIpc) is 2.47. The summed E-state index contributed by atoms with van der Waals surface area (Å²) < 4.78 is 13.2. The van der Waals surface area contributed by atoms with E-state index in [-0.39, 0.29) is 11.9 Å². The Balaban J connectivity index is 1.93. The molecule has 0 aliphatic rings. The van der Waals surface area contributed by atoms with Crippen LogP contribution in [0.2, 0.25) is 0 Å². The Morgan fingerprint density at radius 3 is 2.70 bits per heavy atom. The number of hydrogen-bond donors (Lipinski definition) is 1. The number of nitrogens with zero attached hydrogens (tertiary/aromatic N) is 1. The van der Waals surface area contributed by atoms with Crippen molar-refractivity contribution in [1.29, 1.82) is 0 Å². The molecule has 1 atom stereocenters. The maximum atomic E-state index is 13.2. The molecule has 0 amide bonds. The fourth-order valence-corrected chi connectivity index (χ4v) is 2.46. The topological polar surface area (TPSA) is 38.9 Å². The van der Waals surface area contributed by atoms with Gasteiger partial charge < -0.3 is 5.73 Å². The van der Waals surface area contributed by atoms with Crippen LogP contribution in [0.3, 0.4) is 0 Å². The highest BCUT2D eigenvalue weighted by Crippen LogP contribution is 2.23. The van der Waals surface area contributed by atoms with E-state index in [0.717, 1.165) is 5.56 Å². The minimum Gasteiger partial charge on any atom is -0.324 e. The molecule has 3 rings (SSSR count). The summed E-state index contributed by atoms with van der Waals surface area (Å²) in [6, 6.07) is 15.5. The number of fused-ring (bicyclic) bond motifs is 1. The molecule has 2 N–H and O–H groups in total. The summed E-state index contributed by atoms with van der Waals surface area (Å²) in [5.41, 5.74) is 8.07. The predicted octanol–water partition coefficient (Wildman–Crippen LogP) is 3.62. The molecule has 3 aromatic rings. The zero-order valence-corrected chi connectivity index (χ0v) is 11.0. The van der Waals surface area contributed by atoms with E-state index in [4.69, 9.17) is 5.73 Å². The van der Waals surface area contributed by atoms with E-state index < -0.39 is 0 Å². The minimum absolute atomic E-state index is 0.260. The third-order valence-electron chi connectivity index (χ3n) is 3.47. The summed E-state index contributed by atoms with van der Waals surface area (Å²) in [4.78, 5) is 3.85. The Labute approximate surface area is 117 Å². The van der Waals surface area contributed by atoms with Crippen LogP contribution in [0, 0.1) is 5.82 Å². The van der Waals surface area contributed by atoms with Gasteiger partial charge >= 0.3 is 0 Å². The van der Waals surface area contributed by atoms with Crippen LogP contribution in [0.1, 0.15) is 17.2 Å². The third kappa shape index (κ3) is 2.53. The van der Waals surface area contributed by atoms with E-state index in [1.807, 2.05) is 18.2 Å². The van der Waals surface area contributed by atoms with Crippen molar-refractivity contribution in [2.24, 2.45) is 5.73 Å². The van der Waals surface area contributed by atoms with Crippen molar-refractivity contribution in [3.05, 3.63) is 77.9 Å². The molecular weight excluding hydrogens is 251 g/mol. The van der Waals surface area contributed by atoms with Crippen molar-refractivity contribution in [1.82, 2.24) is 4.98 Å². The Morgan fingerprint density at radius 1 is 1.05 bits per heavy atom. The smallest absolute Gasteiger partial charge is 0.141 e. The molecular formula is C17H15FN2. The first-order chi connectivity index (χ1) is 9.74. The normalized spacial score (nSPS) is 12.5. The molecule has 2 aromatic carbocycles. The fraction of sp³-hybridized carbons (Fsp3) is 0.118. The van der Waals surface area contributed by atoms with E-state index in [0.29, 0.717) is 6.42 Å². The van der Waals surface area contributed by atoms with Crippen molar-refractivity contribution in [2.45, 2.75) is 12.5 Å². The van der Waals surface area contributed by atoms with Crippen LogP contribution >= 0.6 is 0 Å². The third-order valence-corrected chi connectivity index (χ3v) is 3.47. The molecule has 2 nitrogen and oxygen atoms in total. The molecule has 0 bridgehead atoms. The molecule has 100 valence electrons. The largest absolute Gasteiger partial charge is 0.324 e. The van der Waals surface area contributed by atoms with Gasteiger partial charge in [-0.05, 0) is 34.4 Å². The van der Waals surface area contributed by atoms with Crippen molar-refractivity contribution in [3.63, 3.8) is 0 Å². The highest BCUT2D eigenvalue weighted by molar-refractivity contribution is 5.85. The van der Waals surface area contributed by atoms with Gasteiger partial charge in [0, 0.05) is 12.2 Å². The van der Waals surface area contributed by atoms with Crippen LogP contribution in [0.25, 0.3) is 10.8 Å². The van der Waals surface area contributed by atoms with Crippen molar-refractivity contribution in [3.8, 4) is 0 Å². The number of aromatic nitrogens is 1. The molecule has 0 aliphatic carbocycles. The molecule has 0 radical (unpaired) electrons. The van der Waals surface area contributed by atoms with Crippen LogP contribution in [0.4, 0.5) is 4.39 Å². The van der Waals surface area contributed by atoms with E-state index in [1.165, 1.54) is 28.6 Å². The quantitative estimate of drug-likeness (QED) is 0.786. The molecule has 0 saturated carbocycles. The Bertz CT molecular complexity index is 734. The Hall–Kier alpha value is -2.26. The second kappa shape index (κ2) is 5.39. The first-order valence-electron chi connectivity index (χ1n) is 6.57. The van der Waals surface area contributed by atoms with Crippen molar-refractivity contribution in [2.75, 3.05) is 0 Å². The lowest BCUT2D eigenvalue weighted by Crippen LogP contribution is -2.14.